The molecule has 160 valence electrons. The second kappa shape index (κ2) is 9.45. The first-order chi connectivity index (χ1) is 13.5. The summed E-state index contributed by atoms with van der Waals surface area (Å²) in [5.74, 6) is 1.03. The molecule has 3 aliphatic rings. The van der Waals surface area contributed by atoms with Crippen LogP contribution in [0.1, 0.15) is 48.0 Å². The van der Waals surface area contributed by atoms with Crippen LogP contribution in [0.15, 0.2) is 18.2 Å². The third-order valence-corrected chi connectivity index (χ3v) is 6.82. The number of hydrogen-bond acceptors (Lipinski definition) is 4. The van der Waals surface area contributed by atoms with Gasteiger partial charge >= 0.3 is 0 Å². The highest BCUT2D eigenvalue weighted by Crippen LogP contribution is 2.42. The van der Waals surface area contributed by atoms with Crippen LogP contribution in [-0.4, -0.2) is 49.1 Å². The Morgan fingerprint density at radius 2 is 1.79 bits per heavy atom. The normalized spacial score (nSPS) is 29.0. The van der Waals surface area contributed by atoms with E-state index in [0.29, 0.717) is 43.7 Å². The number of fused-ring (bicyclic) bond motifs is 2. The van der Waals surface area contributed by atoms with Gasteiger partial charge in [-0.1, -0.05) is 12.5 Å². The van der Waals surface area contributed by atoms with Crippen LogP contribution in [0.25, 0.3) is 0 Å². The van der Waals surface area contributed by atoms with Crippen molar-refractivity contribution >= 4 is 29.9 Å². The van der Waals surface area contributed by atoms with Crippen LogP contribution in [0.4, 0.5) is 5.69 Å². The van der Waals surface area contributed by atoms with Gasteiger partial charge in [0.05, 0.1) is 13.2 Å². The molecule has 2 atom stereocenters. The number of rotatable bonds is 3. The van der Waals surface area contributed by atoms with Gasteiger partial charge in [0.15, 0.2) is 0 Å². The molecule has 1 aliphatic heterocycles. The van der Waals surface area contributed by atoms with Gasteiger partial charge in [-0.15, -0.1) is 12.4 Å². The molecule has 7 heteroatoms. The van der Waals surface area contributed by atoms with Gasteiger partial charge < -0.3 is 20.7 Å². The lowest BCUT2D eigenvalue weighted by Gasteiger charge is -2.43. The number of halogens is 1. The van der Waals surface area contributed by atoms with Gasteiger partial charge in [-0.2, -0.15) is 0 Å². The Kier molecular flexibility index (Phi) is 7.19. The average molecular weight is 422 g/mol. The molecule has 2 bridgehead atoms. The first-order valence-corrected chi connectivity index (χ1v) is 10.6. The van der Waals surface area contributed by atoms with Crippen LogP contribution in [-0.2, 0) is 9.53 Å². The molecule has 0 aromatic heterocycles. The molecule has 1 aromatic carbocycles. The number of nitrogens with zero attached hydrogens (tertiary/aromatic N) is 1. The first-order valence-electron chi connectivity index (χ1n) is 10.6. The van der Waals surface area contributed by atoms with Crippen LogP contribution in [0.2, 0.25) is 0 Å². The number of aryl methyl sites for hydroxylation is 1. The smallest absolute Gasteiger partial charge is 0.254 e. The van der Waals surface area contributed by atoms with Crippen LogP contribution in [0.5, 0.6) is 0 Å². The number of ether oxygens (including phenoxy) is 1. The number of anilines is 1. The maximum Gasteiger partial charge on any atom is 0.254 e. The van der Waals surface area contributed by atoms with Gasteiger partial charge in [-0.05, 0) is 62.1 Å². The number of amides is 2. The molecule has 2 amide bonds. The summed E-state index contributed by atoms with van der Waals surface area (Å²) < 4.78 is 5.33. The van der Waals surface area contributed by atoms with E-state index in [0.717, 1.165) is 36.9 Å². The summed E-state index contributed by atoms with van der Waals surface area (Å²) in [4.78, 5) is 27.5. The molecule has 6 nitrogen and oxygen atoms in total. The van der Waals surface area contributed by atoms with Crippen molar-refractivity contribution in [1.29, 1.82) is 0 Å². The highest BCUT2D eigenvalue weighted by Gasteiger charge is 2.40. The summed E-state index contributed by atoms with van der Waals surface area (Å²) >= 11 is 0. The Bertz CT molecular complexity index is 737. The molecule has 2 unspecified atom stereocenters. The molecule has 1 saturated heterocycles. The van der Waals surface area contributed by atoms with E-state index in [1.165, 1.54) is 6.42 Å². The van der Waals surface area contributed by atoms with Crippen molar-refractivity contribution in [3.8, 4) is 0 Å². The molecule has 3 N–H and O–H groups in total. The summed E-state index contributed by atoms with van der Waals surface area (Å²) in [6, 6.07) is 5.83. The number of nitrogens with one attached hydrogen (secondary N) is 1. The fourth-order valence-corrected chi connectivity index (χ4v) is 5.08. The molecular formula is C22H32ClN3O3. The van der Waals surface area contributed by atoms with Crippen molar-refractivity contribution in [2.24, 2.45) is 23.5 Å². The fraction of sp³-hybridized carbons (Fsp3) is 0.636. The van der Waals surface area contributed by atoms with Crippen LogP contribution < -0.4 is 11.1 Å². The van der Waals surface area contributed by atoms with E-state index in [4.69, 9.17) is 10.5 Å². The molecule has 1 heterocycles. The Hall–Kier alpha value is -1.63. The third-order valence-electron chi connectivity index (χ3n) is 6.82. The summed E-state index contributed by atoms with van der Waals surface area (Å²) in [6.45, 7) is 4.34. The Morgan fingerprint density at radius 1 is 1.14 bits per heavy atom. The maximum absolute atomic E-state index is 13.0. The van der Waals surface area contributed by atoms with E-state index in [1.807, 2.05) is 30.0 Å². The van der Waals surface area contributed by atoms with E-state index in [9.17, 15) is 9.59 Å². The lowest BCUT2D eigenvalue weighted by atomic mass is 9.65. The van der Waals surface area contributed by atoms with Crippen molar-refractivity contribution in [3.05, 3.63) is 29.3 Å². The molecule has 2 aliphatic carbocycles. The van der Waals surface area contributed by atoms with Gasteiger partial charge in [0.25, 0.3) is 5.91 Å². The van der Waals surface area contributed by atoms with Crippen molar-refractivity contribution in [3.63, 3.8) is 0 Å². The largest absolute Gasteiger partial charge is 0.378 e. The predicted octanol–water partition coefficient (Wildman–Crippen LogP) is 2.98. The molecule has 0 spiro atoms. The molecular weight excluding hydrogens is 390 g/mol. The van der Waals surface area contributed by atoms with E-state index in [2.05, 4.69) is 5.32 Å². The van der Waals surface area contributed by atoms with Crippen molar-refractivity contribution in [1.82, 2.24) is 4.90 Å². The summed E-state index contributed by atoms with van der Waals surface area (Å²) in [7, 11) is 0. The molecule has 1 aromatic rings. The molecule has 2 saturated carbocycles. The van der Waals surface area contributed by atoms with Gasteiger partial charge in [-0.3, -0.25) is 9.59 Å². The van der Waals surface area contributed by atoms with Crippen molar-refractivity contribution in [2.45, 2.75) is 45.1 Å². The van der Waals surface area contributed by atoms with Gasteiger partial charge in [0.2, 0.25) is 5.91 Å². The molecule has 4 rings (SSSR count). The Labute approximate surface area is 178 Å². The topological polar surface area (TPSA) is 84.7 Å². The Morgan fingerprint density at radius 3 is 2.45 bits per heavy atom. The number of morpholine rings is 1. The standard InChI is InChI=1S/C22H31N3O3.ClH/c1-14-5-6-17(22(27)25-7-9-28-10-8-25)13-19(14)24-21(26)18-11-15-3-2-4-16(12-18)20(15)23;/h5-6,13,15-16,18,20H,2-4,7-12,23H2,1H3,(H,24,26);1H. The summed E-state index contributed by atoms with van der Waals surface area (Å²) in [5.41, 5.74) is 8.69. The summed E-state index contributed by atoms with van der Waals surface area (Å²) in [5, 5.41) is 3.11. The zero-order valence-electron chi connectivity index (χ0n) is 17.1. The van der Waals surface area contributed by atoms with E-state index >= 15 is 0 Å². The highest BCUT2D eigenvalue weighted by molar-refractivity contribution is 5.98. The second-order valence-electron chi connectivity index (χ2n) is 8.62. The van der Waals surface area contributed by atoms with Crippen LogP contribution >= 0.6 is 12.4 Å². The third kappa shape index (κ3) is 4.76. The minimum absolute atomic E-state index is 0. The van der Waals surface area contributed by atoms with E-state index in [1.54, 1.807) is 0 Å². The Balaban J connectivity index is 0.00000240. The quantitative estimate of drug-likeness (QED) is 0.785. The SMILES string of the molecule is Cc1ccc(C(=O)N2CCOCC2)cc1NC(=O)C1CC2CCCC(C1)C2N.Cl. The number of nitrogens with two attached hydrogens (primary N) is 1. The highest BCUT2D eigenvalue weighted by atomic mass is 35.5. The number of benzene rings is 1. The maximum atomic E-state index is 13.0. The molecule has 29 heavy (non-hydrogen) atoms. The minimum Gasteiger partial charge on any atom is -0.378 e. The van der Waals surface area contributed by atoms with Gasteiger partial charge in [0.1, 0.15) is 0 Å². The minimum atomic E-state index is -0.00280. The van der Waals surface area contributed by atoms with Gasteiger partial charge in [-0.25, -0.2) is 0 Å². The predicted molar refractivity (Wildman–Crippen MR) is 115 cm³/mol. The van der Waals surface area contributed by atoms with Gasteiger partial charge in [0, 0.05) is 36.3 Å². The van der Waals surface area contributed by atoms with Crippen LogP contribution in [0.3, 0.4) is 0 Å². The second-order valence-corrected chi connectivity index (χ2v) is 8.62. The number of hydrogen-bond donors (Lipinski definition) is 2. The van der Waals surface area contributed by atoms with E-state index < -0.39 is 0 Å². The number of carbonyl (C=O) groups is 2. The van der Waals surface area contributed by atoms with Crippen molar-refractivity contribution < 1.29 is 14.3 Å². The fourth-order valence-electron chi connectivity index (χ4n) is 5.08. The lowest BCUT2D eigenvalue weighted by Crippen LogP contribution is -2.48. The van der Waals surface area contributed by atoms with Crippen LogP contribution in [0, 0.1) is 24.7 Å². The van der Waals surface area contributed by atoms with Crippen molar-refractivity contribution in [2.75, 3.05) is 31.6 Å². The average Bonchev–Trinajstić information content (AvgIpc) is 2.69. The first kappa shape index (κ1) is 22.1. The van der Waals surface area contributed by atoms with E-state index in [-0.39, 0.29) is 36.2 Å². The summed E-state index contributed by atoms with van der Waals surface area (Å²) in [6.07, 6.45) is 5.29. The monoisotopic (exact) mass is 421 g/mol. The molecule has 0 radical (unpaired) electrons. The zero-order chi connectivity index (χ0) is 19.7. The lowest BCUT2D eigenvalue weighted by molar-refractivity contribution is -0.122. The zero-order valence-corrected chi connectivity index (χ0v) is 17.9. The molecule has 3 fully saturated rings. The number of carbonyl (C=O) groups excluding carboxylic acids is 2.